The average Bonchev–Trinajstić information content (AvgIpc) is 2.09. The zero-order valence-electron chi connectivity index (χ0n) is 9.52. The van der Waals surface area contributed by atoms with Crippen LogP contribution in [0.4, 0.5) is 11.4 Å². The van der Waals surface area contributed by atoms with Gasteiger partial charge in [-0.15, -0.1) is 0 Å². The standard InChI is InChI=1S/C12H20N2/c1-8(2)7-14-12-6-9(3)11(13)5-10(12)4/h5-6,8,14H,7,13H2,1-4H3. The molecule has 0 spiro atoms. The molecule has 0 fully saturated rings. The molecular formula is C12H20N2. The molecule has 0 aliphatic rings. The van der Waals surface area contributed by atoms with Crippen molar-refractivity contribution >= 4 is 11.4 Å². The summed E-state index contributed by atoms with van der Waals surface area (Å²) in [5.74, 6) is 0.659. The number of nitrogens with one attached hydrogen (secondary N) is 1. The first-order valence-electron chi connectivity index (χ1n) is 5.11. The van der Waals surface area contributed by atoms with Crippen molar-refractivity contribution < 1.29 is 0 Å². The lowest BCUT2D eigenvalue weighted by atomic mass is 10.1. The Morgan fingerprint density at radius 3 is 2.43 bits per heavy atom. The molecule has 0 unspecified atom stereocenters. The topological polar surface area (TPSA) is 38.0 Å². The van der Waals surface area contributed by atoms with Crippen molar-refractivity contribution in [2.45, 2.75) is 27.7 Å². The molecule has 0 heterocycles. The summed E-state index contributed by atoms with van der Waals surface area (Å²) in [6.07, 6.45) is 0. The maximum atomic E-state index is 5.82. The zero-order valence-corrected chi connectivity index (χ0v) is 9.52. The van der Waals surface area contributed by atoms with Crippen LogP contribution in [-0.4, -0.2) is 6.54 Å². The average molecular weight is 192 g/mol. The van der Waals surface area contributed by atoms with Gasteiger partial charge in [0.25, 0.3) is 0 Å². The minimum absolute atomic E-state index is 0.659. The third-order valence-electron chi connectivity index (χ3n) is 2.31. The van der Waals surface area contributed by atoms with Gasteiger partial charge in [-0.25, -0.2) is 0 Å². The SMILES string of the molecule is Cc1cc(NCC(C)C)c(C)cc1N. The third-order valence-corrected chi connectivity index (χ3v) is 2.31. The fraction of sp³-hybridized carbons (Fsp3) is 0.500. The Balaban J connectivity index is 2.82. The lowest BCUT2D eigenvalue weighted by Crippen LogP contribution is -2.09. The maximum absolute atomic E-state index is 5.82. The molecule has 14 heavy (non-hydrogen) atoms. The van der Waals surface area contributed by atoms with Crippen molar-refractivity contribution in [2.75, 3.05) is 17.6 Å². The van der Waals surface area contributed by atoms with Crippen molar-refractivity contribution in [1.29, 1.82) is 0 Å². The van der Waals surface area contributed by atoms with E-state index in [1.807, 2.05) is 13.0 Å². The van der Waals surface area contributed by atoms with Crippen LogP contribution in [0.15, 0.2) is 12.1 Å². The van der Waals surface area contributed by atoms with E-state index in [0.29, 0.717) is 5.92 Å². The Bertz CT molecular complexity index is 316. The molecular weight excluding hydrogens is 172 g/mol. The van der Waals surface area contributed by atoms with Gasteiger partial charge >= 0.3 is 0 Å². The van der Waals surface area contributed by atoms with E-state index < -0.39 is 0 Å². The van der Waals surface area contributed by atoms with Crippen molar-refractivity contribution in [1.82, 2.24) is 0 Å². The number of benzene rings is 1. The van der Waals surface area contributed by atoms with E-state index in [-0.39, 0.29) is 0 Å². The van der Waals surface area contributed by atoms with Crippen LogP contribution >= 0.6 is 0 Å². The van der Waals surface area contributed by atoms with Crippen LogP contribution in [-0.2, 0) is 0 Å². The molecule has 0 atom stereocenters. The summed E-state index contributed by atoms with van der Waals surface area (Å²) < 4.78 is 0. The van der Waals surface area contributed by atoms with Gasteiger partial charge in [0, 0.05) is 17.9 Å². The summed E-state index contributed by atoms with van der Waals surface area (Å²) in [6.45, 7) is 9.52. The minimum atomic E-state index is 0.659. The number of aryl methyl sites for hydroxylation is 2. The molecule has 3 N–H and O–H groups in total. The highest BCUT2D eigenvalue weighted by Crippen LogP contribution is 2.22. The Labute approximate surface area is 86.5 Å². The quantitative estimate of drug-likeness (QED) is 0.723. The molecule has 1 aromatic rings. The van der Waals surface area contributed by atoms with Gasteiger partial charge in [0.15, 0.2) is 0 Å². The van der Waals surface area contributed by atoms with E-state index in [1.54, 1.807) is 0 Å². The summed E-state index contributed by atoms with van der Waals surface area (Å²) in [7, 11) is 0. The van der Waals surface area contributed by atoms with Gasteiger partial charge in [0.05, 0.1) is 0 Å². The number of hydrogen-bond acceptors (Lipinski definition) is 2. The van der Waals surface area contributed by atoms with Gasteiger partial charge in [-0.05, 0) is 43.0 Å². The van der Waals surface area contributed by atoms with E-state index in [9.17, 15) is 0 Å². The lowest BCUT2D eigenvalue weighted by Gasteiger charge is -2.13. The first-order valence-corrected chi connectivity index (χ1v) is 5.11. The normalized spacial score (nSPS) is 10.6. The summed E-state index contributed by atoms with van der Waals surface area (Å²) in [5.41, 5.74) is 10.2. The second kappa shape index (κ2) is 4.36. The summed E-state index contributed by atoms with van der Waals surface area (Å²) >= 11 is 0. The predicted octanol–water partition coefficient (Wildman–Crippen LogP) is 2.95. The van der Waals surface area contributed by atoms with E-state index >= 15 is 0 Å². The van der Waals surface area contributed by atoms with Crippen LogP contribution in [0.2, 0.25) is 0 Å². The van der Waals surface area contributed by atoms with Gasteiger partial charge in [0.1, 0.15) is 0 Å². The van der Waals surface area contributed by atoms with E-state index in [1.165, 1.54) is 11.3 Å². The second-order valence-electron chi connectivity index (χ2n) is 4.30. The number of anilines is 2. The van der Waals surface area contributed by atoms with Crippen molar-refractivity contribution in [3.63, 3.8) is 0 Å². The van der Waals surface area contributed by atoms with E-state index in [4.69, 9.17) is 5.73 Å². The Hall–Kier alpha value is -1.18. The van der Waals surface area contributed by atoms with Crippen molar-refractivity contribution in [3.8, 4) is 0 Å². The van der Waals surface area contributed by atoms with Crippen LogP contribution in [0.1, 0.15) is 25.0 Å². The van der Waals surface area contributed by atoms with Crippen LogP contribution in [0.5, 0.6) is 0 Å². The summed E-state index contributed by atoms with van der Waals surface area (Å²) in [5, 5.41) is 3.42. The smallest absolute Gasteiger partial charge is 0.0374 e. The Morgan fingerprint density at radius 1 is 1.21 bits per heavy atom. The van der Waals surface area contributed by atoms with E-state index in [2.05, 4.69) is 32.2 Å². The van der Waals surface area contributed by atoms with Crippen LogP contribution in [0.3, 0.4) is 0 Å². The summed E-state index contributed by atoms with van der Waals surface area (Å²) in [6, 6.07) is 4.14. The van der Waals surface area contributed by atoms with Gasteiger partial charge < -0.3 is 11.1 Å². The summed E-state index contributed by atoms with van der Waals surface area (Å²) in [4.78, 5) is 0. The lowest BCUT2D eigenvalue weighted by molar-refractivity contribution is 0.688. The van der Waals surface area contributed by atoms with Gasteiger partial charge in [0.2, 0.25) is 0 Å². The number of hydrogen-bond donors (Lipinski definition) is 2. The fourth-order valence-corrected chi connectivity index (χ4v) is 1.34. The molecule has 0 amide bonds. The van der Waals surface area contributed by atoms with Crippen LogP contribution < -0.4 is 11.1 Å². The molecule has 0 aliphatic heterocycles. The highest BCUT2D eigenvalue weighted by atomic mass is 14.9. The predicted molar refractivity (Wildman–Crippen MR) is 63.7 cm³/mol. The second-order valence-corrected chi connectivity index (χ2v) is 4.30. The molecule has 0 saturated heterocycles. The molecule has 1 rings (SSSR count). The molecule has 0 aromatic heterocycles. The number of nitrogens with two attached hydrogens (primary N) is 1. The van der Waals surface area contributed by atoms with Gasteiger partial charge in [-0.2, -0.15) is 0 Å². The fourth-order valence-electron chi connectivity index (χ4n) is 1.34. The molecule has 2 nitrogen and oxygen atoms in total. The van der Waals surface area contributed by atoms with Crippen molar-refractivity contribution in [3.05, 3.63) is 23.3 Å². The van der Waals surface area contributed by atoms with Crippen molar-refractivity contribution in [2.24, 2.45) is 5.92 Å². The Morgan fingerprint density at radius 2 is 1.86 bits per heavy atom. The highest BCUT2D eigenvalue weighted by molar-refractivity contribution is 5.61. The first kappa shape index (κ1) is 10.9. The zero-order chi connectivity index (χ0) is 10.7. The largest absolute Gasteiger partial charge is 0.399 e. The Kier molecular flexibility index (Phi) is 3.39. The van der Waals surface area contributed by atoms with Crippen LogP contribution in [0.25, 0.3) is 0 Å². The molecule has 78 valence electrons. The van der Waals surface area contributed by atoms with Gasteiger partial charge in [-0.1, -0.05) is 13.8 Å². The number of rotatable bonds is 3. The van der Waals surface area contributed by atoms with E-state index in [0.717, 1.165) is 17.8 Å². The molecule has 0 radical (unpaired) electrons. The molecule has 0 saturated carbocycles. The molecule has 0 bridgehead atoms. The molecule has 1 aromatic carbocycles. The number of nitrogen functional groups attached to an aromatic ring is 1. The van der Waals surface area contributed by atoms with Crippen LogP contribution in [0, 0.1) is 19.8 Å². The highest BCUT2D eigenvalue weighted by Gasteiger charge is 2.02. The minimum Gasteiger partial charge on any atom is -0.399 e. The van der Waals surface area contributed by atoms with Gasteiger partial charge in [-0.3, -0.25) is 0 Å². The third kappa shape index (κ3) is 2.66. The molecule has 0 aliphatic carbocycles. The monoisotopic (exact) mass is 192 g/mol. The first-order chi connectivity index (χ1) is 6.50. The molecule has 2 heteroatoms. The maximum Gasteiger partial charge on any atom is 0.0374 e.